The smallest absolute Gasteiger partial charge is 0.164 e. The van der Waals surface area contributed by atoms with Crippen molar-refractivity contribution in [3.05, 3.63) is 423 Å². The van der Waals surface area contributed by atoms with Crippen LogP contribution in [0.3, 0.4) is 0 Å². The molecule has 0 fully saturated rings. The molecular weight excluding hydrogens is 1380 g/mol. The van der Waals surface area contributed by atoms with E-state index in [0.717, 1.165) is 89.0 Å². The first-order chi connectivity index (χ1) is 55.9. The van der Waals surface area contributed by atoms with Crippen molar-refractivity contribution in [1.82, 2.24) is 29.9 Å². The van der Waals surface area contributed by atoms with Crippen molar-refractivity contribution in [2.75, 3.05) is 0 Å². The predicted molar refractivity (Wildman–Crippen MR) is 471 cm³/mol. The molecule has 540 valence electrons. The summed E-state index contributed by atoms with van der Waals surface area (Å²) in [6.07, 6.45) is 0. The summed E-state index contributed by atoms with van der Waals surface area (Å²) >= 11 is 0. The molecule has 16 aromatic carbocycles. The molecule has 0 bridgehead atoms. The zero-order chi connectivity index (χ0) is 76.7. The Kier molecular flexibility index (Phi) is 18.3. The molecule has 0 spiro atoms. The summed E-state index contributed by atoms with van der Waals surface area (Å²) in [6, 6.07) is 142. The van der Waals surface area contributed by atoms with Crippen molar-refractivity contribution >= 4 is 0 Å². The van der Waals surface area contributed by atoms with E-state index in [1.165, 1.54) is 77.9 Å². The summed E-state index contributed by atoms with van der Waals surface area (Å²) in [4.78, 5) is 30.4. The monoisotopic (exact) mass is 1460 g/mol. The first-order valence-corrected chi connectivity index (χ1v) is 39.0. The molecule has 6 nitrogen and oxygen atoms in total. The predicted octanol–water partition coefficient (Wildman–Crippen LogP) is 27.7. The third-order valence-electron chi connectivity index (χ3n) is 22.8. The molecule has 20 rings (SSSR count). The minimum Gasteiger partial charge on any atom is -0.208 e. The van der Waals surface area contributed by atoms with Crippen LogP contribution in [0.1, 0.15) is 49.9 Å². The van der Waals surface area contributed by atoms with E-state index in [0.29, 0.717) is 34.9 Å². The summed E-state index contributed by atoms with van der Waals surface area (Å²) in [5, 5.41) is 0. The van der Waals surface area contributed by atoms with Crippen LogP contribution in [0.5, 0.6) is 0 Å². The third kappa shape index (κ3) is 13.7. The summed E-state index contributed by atoms with van der Waals surface area (Å²) in [6.45, 7) is 9.33. The summed E-state index contributed by atoms with van der Waals surface area (Å²) in [7, 11) is 0. The number of hydrogen-bond acceptors (Lipinski definition) is 6. The van der Waals surface area contributed by atoms with Gasteiger partial charge in [-0.1, -0.05) is 404 Å². The summed E-state index contributed by atoms with van der Waals surface area (Å²) in [5.74, 6) is 3.82. The van der Waals surface area contributed by atoms with E-state index in [2.05, 4.69) is 404 Å². The third-order valence-corrected chi connectivity index (χ3v) is 22.8. The lowest BCUT2D eigenvalue weighted by atomic mass is 9.81. The Hall–Kier alpha value is -14.5. The number of nitrogens with zero attached hydrogens (tertiary/aromatic N) is 6. The van der Waals surface area contributed by atoms with Gasteiger partial charge in [0.1, 0.15) is 0 Å². The highest BCUT2D eigenvalue weighted by molar-refractivity contribution is 5.87. The quantitative estimate of drug-likeness (QED) is 0.108. The van der Waals surface area contributed by atoms with Crippen molar-refractivity contribution in [1.29, 1.82) is 0 Å². The summed E-state index contributed by atoms with van der Waals surface area (Å²) in [5.41, 5.74) is 35.2. The highest BCUT2D eigenvalue weighted by atomic mass is 15.0. The Morgan fingerprint density at radius 3 is 0.588 bits per heavy atom. The van der Waals surface area contributed by atoms with Gasteiger partial charge in [0, 0.05) is 44.2 Å². The molecule has 6 heteroatoms. The molecule has 0 aliphatic heterocycles. The number of hydrogen-bond donors (Lipinski definition) is 0. The van der Waals surface area contributed by atoms with Crippen LogP contribution in [0.4, 0.5) is 0 Å². The van der Waals surface area contributed by atoms with Crippen LogP contribution in [0.15, 0.2) is 400 Å². The van der Waals surface area contributed by atoms with Crippen LogP contribution in [0.25, 0.3) is 180 Å². The van der Waals surface area contributed by atoms with Crippen LogP contribution in [0, 0.1) is 0 Å². The van der Waals surface area contributed by atoms with Gasteiger partial charge in [-0.05, 0) is 158 Å². The molecule has 0 unspecified atom stereocenters. The van der Waals surface area contributed by atoms with Gasteiger partial charge in [-0.25, -0.2) is 29.9 Å². The molecule has 2 aliphatic rings. The highest BCUT2D eigenvalue weighted by Gasteiger charge is 2.37. The maximum absolute atomic E-state index is 5.09. The van der Waals surface area contributed by atoms with Gasteiger partial charge in [0.25, 0.3) is 0 Å². The van der Waals surface area contributed by atoms with Gasteiger partial charge in [-0.3, -0.25) is 0 Å². The standard InChI is InChI=1S/2C54H39N3/c1-54(2)49-22-10-9-21-47(49)48-32-31-44(35-50(48)54)40-25-23-38(24-26-40)39-27-29-41(30-28-39)51-55-52(45-19-11-17-42(33-45)36-13-5-3-6-14-36)57-53(56-51)46-20-12-18-43(34-46)37-15-7-4-8-16-37;1-54(2)49-16-10-9-15-47(49)48-34-33-46(35-50(48)54)42-19-17-40(18-20-42)41-25-31-45(32-26-41)53-56-51(43-27-21-38(22-28-43)36-11-5-3-6-12-36)55-52(57-53)44-29-23-39(24-30-44)37-13-7-4-8-14-37/h2*3-35H,1-2H3. The zero-order valence-corrected chi connectivity index (χ0v) is 63.8. The summed E-state index contributed by atoms with van der Waals surface area (Å²) < 4.78 is 0. The van der Waals surface area contributed by atoms with Crippen molar-refractivity contribution in [2.24, 2.45) is 0 Å². The molecular formula is C108H78N6. The van der Waals surface area contributed by atoms with Crippen LogP contribution in [0.2, 0.25) is 0 Å². The second kappa shape index (κ2) is 29.7. The first-order valence-electron chi connectivity index (χ1n) is 39.0. The van der Waals surface area contributed by atoms with Crippen molar-refractivity contribution in [2.45, 2.75) is 38.5 Å². The molecule has 2 heterocycles. The molecule has 114 heavy (non-hydrogen) atoms. The maximum atomic E-state index is 5.09. The largest absolute Gasteiger partial charge is 0.208 e. The number of benzene rings is 16. The van der Waals surface area contributed by atoms with Crippen molar-refractivity contribution in [3.8, 4) is 180 Å². The van der Waals surface area contributed by atoms with Crippen molar-refractivity contribution in [3.63, 3.8) is 0 Å². The van der Waals surface area contributed by atoms with Gasteiger partial charge in [-0.2, -0.15) is 0 Å². The molecule has 0 atom stereocenters. The average Bonchev–Trinajstić information content (AvgIpc) is 1.58. The average molecular weight is 1460 g/mol. The molecule has 0 amide bonds. The number of fused-ring (bicyclic) bond motifs is 6. The van der Waals surface area contributed by atoms with E-state index in [-0.39, 0.29) is 10.8 Å². The van der Waals surface area contributed by atoms with Gasteiger partial charge >= 0.3 is 0 Å². The minimum absolute atomic E-state index is 0.0241. The van der Waals surface area contributed by atoms with Gasteiger partial charge in [0.15, 0.2) is 34.9 Å². The second-order valence-electron chi connectivity index (χ2n) is 30.6. The lowest BCUT2D eigenvalue weighted by molar-refractivity contribution is 0.660. The Morgan fingerprint density at radius 1 is 0.132 bits per heavy atom. The Morgan fingerprint density at radius 2 is 0.307 bits per heavy atom. The van der Waals surface area contributed by atoms with Gasteiger partial charge in [-0.15, -0.1) is 0 Å². The topological polar surface area (TPSA) is 77.3 Å². The van der Waals surface area contributed by atoms with E-state index in [1.54, 1.807) is 0 Å². The molecule has 0 radical (unpaired) electrons. The molecule has 18 aromatic rings. The van der Waals surface area contributed by atoms with E-state index in [4.69, 9.17) is 29.9 Å². The van der Waals surface area contributed by atoms with E-state index in [1.807, 2.05) is 24.3 Å². The zero-order valence-electron chi connectivity index (χ0n) is 63.8. The van der Waals surface area contributed by atoms with Crippen molar-refractivity contribution < 1.29 is 0 Å². The number of rotatable bonds is 14. The Balaban J connectivity index is 0.000000153. The van der Waals surface area contributed by atoms with Gasteiger partial charge < -0.3 is 0 Å². The second-order valence-corrected chi connectivity index (χ2v) is 30.6. The van der Waals surface area contributed by atoms with E-state index in [9.17, 15) is 0 Å². The fraction of sp³-hybridized carbons (Fsp3) is 0.0556. The van der Waals surface area contributed by atoms with E-state index < -0.39 is 0 Å². The number of aromatic nitrogens is 6. The van der Waals surface area contributed by atoms with Gasteiger partial charge in [0.2, 0.25) is 0 Å². The SMILES string of the molecule is CC1(C)c2ccccc2-c2ccc(-c3ccc(-c4ccc(-c5nc(-c6ccc(-c7ccccc7)cc6)nc(-c6ccc(-c7ccccc7)cc6)n5)cc4)cc3)cc21.CC1(C)c2ccccc2-c2ccc(-c3ccc(-c4ccc(-c5nc(-c6cccc(-c7ccccc7)c6)nc(-c6cccc(-c7ccccc7)c6)n5)cc4)cc3)cc21. The Labute approximate surface area is 666 Å². The Bertz CT molecular complexity index is 6360. The lowest BCUT2D eigenvalue weighted by Crippen LogP contribution is -2.14. The molecule has 0 N–H and O–H groups in total. The molecule has 0 saturated heterocycles. The maximum Gasteiger partial charge on any atom is 0.164 e. The molecule has 2 aromatic heterocycles. The lowest BCUT2D eigenvalue weighted by Gasteiger charge is -2.22. The van der Waals surface area contributed by atoms with Crippen LogP contribution >= 0.6 is 0 Å². The van der Waals surface area contributed by atoms with Gasteiger partial charge in [0.05, 0.1) is 0 Å². The highest BCUT2D eigenvalue weighted by Crippen LogP contribution is 2.51. The molecule has 0 saturated carbocycles. The minimum atomic E-state index is -0.0257. The van der Waals surface area contributed by atoms with E-state index >= 15 is 0 Å². The fourth-order valence-electron chi connectivity index (χ4n) is 16.4. The van der Waals surface area contributed by atoms with Crippen LogP contribution in [-0.4, -0.2) is 29.9 Å². The normalized spacial score (nSPS) is 12.5. The van der Waals surface area contributed by atoms with Crippen LogP contribution < -0.4 is 0 Å². The first kappa shape index (κ1) is 70.0. The van der Waals surface area contributed by atoms with Crippen LogP contribution in [-0.2, 0) is 10.8 Å². The fourth-order valence-corrected chi connectivity index (χ4v) is 16.4. The molecule has 2 aliphatic carbocycles.